The molecule has 140 valence electrons. The third kappa shape index (κ3) is 3.69. The summed E-state index contributed by atoms with van der Waals surface area (Å²) in [6, 6.07) is 26.0. The SMILES string of the molecule is COc1ccc(N2C(=O)/C(=C\c3ccccc3)SC2c2ccc(C)cc2)cc1. The van der Waals surface area contributed by atoms with Crippen LogP contribution in [0.4, 0.5) is 5.69 Å². The summed E-state index contributed by atoms with van der Waals surface area (Å²) in [5.41, 5.74) is 4.20. The molecular formula is C24H21NO2S. The number of ether oxygens (including phenoxy) is 1. The number of anilines is 1. The molecule has 0 aliphatic carbocycles. The molecule has 3 aromatic carbocycles. The number of rotatable bonds is 4. The molecule has 1 aliphatic rings. The van der Waals surface area contributed by atoms with E-state index in [-0.39, 0.29) is 11.3 Å². The third-order valence-corrected chi connectivity index (χ3v) is 5.97. The van der Waals surface area contributed by atoms with Gasteiger partial charge in [0.2, 0.25) is 0 Å². The first-order valence-electron chi connectivity index (χ1n) is 9.13. The van der Waals surface area contributed by atoms with Crippen LogP contribution in [0.25, 0.3) is 6.08 Å². The van der Waals surface area contributed by atoms with Crippen molar-refractivity contribution in [3.63, 3.8) is 0 Å². The summed E-state index contributed by atoms with van der Waals surface area (Å²) in [6.07, 6.45) is 1.97. The topological polar surface area (TPSA) is 29.5 Å². The van der Waals surface area contributed by atoms with Gasteiger partial charge in [-0.1, -0.05) is 71.9 Å². The highest BCUT2D eigenvalue weighted by Gasteiger charge is 2.38. The van der Waals surface area contributed by atoms with Gasteiger partial charge in [0.15, 0.2) is 0 Å². The van der Waals surface area contributed by atoms with Crippen LogP contribution in [0.1, 0.15) is 22.1 Å². The fourth-order valence-electron chi connectivity index (χ4n) is 3.19. The Morgan fingerprint density at radius 1 is 0.929 bits per heavy atom. The summed E-state index contributed by atoms with van der Waals surface area (Å²) < 4.78 is 5.26. The largest absolute Gasteiger partial charge is 0.497 e. The average molecular weight is 388 g/mol. The second kappa shape index (κ2) is 7.95. The van der Waals surface area contributed by atoms with Crippen molar-refractivity contribution < 1.29 is 9.53 Å². The van der Waals surface area contributed by atoms with Crippen molar-refractivity contribution in [3.8, 4) is 5.75 Å². The zero-order chi connectivity index (χ0) is 19.5. The maximum Gasteiger partial charge on any atom is 0.266 e. The molecular weight excluding hydrogens is 366 g/mol. The van der Waals surface area contributed by atoms with Crippen LogP contribution in [0, 0.1) is 6.92 Å². The van der Waals surface area contributed by atoms with E-state index < -0.39 is 0 Å². The van der Waals surface area contributed by atoms with E-state index in [2.05, 4.69) is 31.2 Å². The minimum absolute atomic E-state index is 0.0181. The molecule has 28 heavy (non-hydrogen) atoms. The predicted octanol–water partition coefficient (Wildman–Crippen LogP) is 5.82. The predicted molar refractivity (Wildman–Crippen MR) is 116 cm³/mol. The Morgan fingerprint density at radius 3 is 2.25 bits per heavy atom. The summed E-state index contributed by atoms with van der Waals surface area (Å²) in [5.74, 6) is 0.791. The second-order valence-electron chi connectivity index (χ2n) is 6.67. The second-order valence-corrected chi connectivity index (χ2v) is 7.80. The van der Waals surface area contributed by atoms with Crippen molar-refractivity contribution >= 4 is 29.4 Å². The van der Waals surface area contributed by atoms with Crippen LogP contribution in [-0.4, -0.2) is 13.0 Å². The van der Waals surface area contributed by atoms with Gasteiger partial charge in [-0.3, -0.25) is 9.69 Å². The molecule has 0 aromatic heterocycles. The molecule has 0 N–H and O–H groups in total. The highest BCUT2D eigenvalue weighted by molar-refractivity contribution is 8.05. The van der Waals surface area contributed by atoms with Gasteiger partial charge in [0.1, 0.15) is 11.1 Å². The first-order chi connectivity index (χ1) is 13.7. The third-order valence-electron chi connectivity index (χ3n) is 4.71. The number of nitrogens with zero attached hydrogens (tertiary/aromatic N) is 1. The lowest BCUT2D eigenvalue weighted by Gasteiger charge is -2.24. The van der Waals surface area contributed by atoms with Crippen LogP contribution in [0.5, 0.6) is 5.75 Å². The molecule has 1 atom stereocenters. The monoisotopic (exact) mass is 387 g/mol. The molecule has 4 rings (SSSR count). The van der Waals surface area contributed by atoms with Crippen molar-refractivity contribution in [2.75, 3.05) is 12.0 Å². The number of carbonyl (C=O) groups is 1. The summed E-state index contributed by atoms with van der Waals surface area (Å²) >= 11 is 1.59. The van der Waals surface area contributed by atoms with E-state index in [0.717, 1.165) is 27.5 Å². The molecule has 0 saturated carbocycles. The number of benzene rings is 3. The highest BCUT2D eigenvalue weighted by atomic mass is 32.2. The van der Waals surface area contributed by atoms with Crippen LogP contribution < -0.4 is 9.64 Å². The van der Waals surface area contributed by atoms with Crippen molar-refractivity contribution in [1.82, 2.24) is 0 Å². The van der Waals surface area contributed by atoms with Gasteiger partial charge in [-0.2, -0.15) is 0 Å². The smallest absolute Gasteiger partial charge is 0.266 e. The van der Waals surface area contributed by atoms with Gasteiger partial charge in [-0.05, 0) is 48.4 Å². The molecule has 1 amide bonds. The molecule has 0 spiro atoms. The molecule has 1 aliphatic heterocycles. The number of thioether (sulfide) groups is 1. The normalized spacial score (nSPS) is 17.9. The van der Waals surface area contributed by atoms with Crippen LogP contribution in [0.3, 0.4) is 0 Å². The Kier molecular flexibility index (Phi) is 5.22. The first kappa shape index (κ1) is 18.4. The fraction of sp³-hybridized carbons (Fsp3) is 0.125. The molecule has 1 unspecified atom stereocenters. The van der Waals surface area contributed by atoms with E-state index in [1.54, 1.807) is 18.9 Å². The zero-order valence-electron chi connectivity index (χ0n) is 15.8. The average Bonchev–Trinajstić information content (AvgIpc) is 3.05. The summed E-state index contributed by atoms with van der Waals surface area (Å²) in [6.45, 7) is 2.07. The summed E-state index contributed by atoms with van der Waals surface area (Å²) in [5, 5.41) is -0.101. The molecule has 0 bridgehead atoms. The van der Waals surface area contributed by atoms with Gasteiger partial charge in [0.25, 0.3) is 5.91 Å². The Morgan fingerprint density at radius 2 is 1.61 bits per heavy atom. The van der Waals surface area contributed by atoms with Gasteiger partial charge in [-0.25, -0.2) is 0 Å². The van der Waals surface area contributed by atoms with Crippen molar-refractivity contribution in [3.05, 3.63) is 100 Å². The Hall–Kier alpha value is -2.98. The van der Waals surface area contributed by atoms with E-state index >= 15 is 0 Å². The first-order valence-corrected chi connectivity index (χ1v) is 10.0. The standard InChI is InChI=1S/C24H21NO2S/c1-17-8-10-19(11-9-17)24-25(20-12-14-21(27-2)15-13-20)23(26)22(28-24)16-18-6-4-3-5-7-18/h3-16,24H,1-2H3/b22-16+. The molecule has 3 aromatic rings. The van der Waals surface area contributed by atoms with Crippen LogP contribution in [0.15, 0.2) is 83.8 Å². The number of carbonyl (C=O) groups excluding carboxylic acids is 1. The van der Waals surface area contributed by atoms with Gasteiger partial charge >= 0.3 is 0 Å². The number of hydrogen-bond acceptors (Lipinski definition) is 3. The molecule has 4 heteroatoms. The van der Waals surface area contributed by atoms with Crippen molar-refractivity contribution in [2.24, 2.45) is 0 Å². The number of aryl methyl sites for hydroxylation is 1. The van der Waals surface area contributed by atoms with Crippen LogP contribution in [-0.2, 0) is 4.79 Å². The van der Waals surface area contributed by atoms with E-state index in [1.165, 1.54) is 5.56 Å². The van der Waals surface area contributed by atoms with Gasteiger partial charge < -0.3 is 4.74 Å². The molecule has 1 heterocycles. The number of methoxy groups -OCH3 is 1. The fourth-order valence-corrected chi connectivity index (χ4v) is 4.45. The Bertz CT molecular complexity index is 995. The lowest BCUT2D eigenvalue weighted by molar-refractivity contribution is -0.114. The lowest BCUT2D eigenvalue weighted by Crippen LogP contribution is -2.27. The quantitative estimate of drug-likeness (QED) is 0.528. The van der Waals surface area contributed by atoms with Gasteiger partial charge in [-0.15, -0.1) is 0 Å². The Labute approximate surface area is 169 Å². The van der Waals surface area contributed by atoms with E-state index in [1.807, 2.05) is 65.6 Å². The maximum atomic E-state index is 13.3. The summed E-state index contributed by atoms with van der Waals surface area (Å²) in [4.78, 5) is 15.9. The Balaban J connectivity index is 1.75. The molecule has 1 saturated heterocycles. The van der Waals surface area contributed by atoms with Gasteiger partial charge in [0, 0.05) is 5.69 Å². The number of hydrogen-bond donors (Lipinski definition) is 0. The lowest BCUT2D eigenvalue weighted by atomic mass is 10.1. The minimum atomic E-state index is -0.101. The molecule has 3 nitrogen and oxygen atoms in total. The molecule has 0 radical (unpaired) electrons. The van der Waals surface area contributed by atoms with Crippen LogP contribution >= 0.6 is 11.8 Å². The zero-order valence-corrected chi connectivity index (χ0v) is 16.6. The highest BCUT2D eigenvalue weighted by Crippen LogP contribution is 2.48. The van der Waals surface area contributed by atoms with E-state index in [9.17, 15) is 4.79 Å². The molecule has 1 fully saturated rings. The van der Waals surface area contributed by atoms with Crippen LogP contribution in [0.2, 0.25) is 0 Å². The van der Waals surface area contributed by atoms with Crippen molar-refractivity contribution in [2.45, 2.75) is 12.3 Å². The van der Waals surface area contributed by atoms with E-state index in [0.29, 0.717) is 0 Å². The van der Waals surface area contributed by atoms with E-state index in [4.69, 9.17) is 4.74 Å². The van der Waals surface area contributed by atoms with Crippen molar-refractivity contribution in [1.29, 1.82) is 0 Å². The van der Waals surface area contributed by atoms with Gasteiger partial charge in [0.05, 0.1) is 12.0 Å². The maximum absolute atomic E-state index is 13.3. The summed E-state index contributed by atoms with van der Waals surface area (Å²) in [7, 11) is 1.64. The number of amides is 1. The minimum Gasteiger partial charge on any atom is -0.497 e.